The summed E-state index contributed by atoms with van der Waals surface area (Å²) >= 11 is 0. The number of H-pyrrole nitrogens is 1. The molecular weight excluding hydrogens is 280 g/mol. The summed E-state index contributed by atoms with van der Waals surface area (Å²) < 4.78 is 0. The predicted octanol–water partition coefficient (Wildman–Crippen LogP) is 5.54. The molecule has 1 heterocycles. The third kappa shape index (κ3) is 1.85. The van der Waals surface area contributed by atoms with Crippen LogP contribution in [0.25, 0.3) is 44.0 Å². The van der Waals surface area contributed by atoms with Crippen molar-refractivity contribution in [1.29, 1.82) is 0 Å². The number of benzene rings is 4. The molecule has 2 nitrogen and oxygen atoms in total. The number of para-hydroxylation sites is 2. The Hall–Kier alpha value is -3.13. The van der Waals surface area contributed by atoms with Gasteiger partial charge in [0, 0.05) is 5.56 Å². The van der Waals surface area contributed by atoms with E-state index in [1.165, 1.54) is 21.5 Å². The Kier molecular flexibility index (Phi) is 2.53. The molecule has 2 heteroatoms. The molecule has 0 atom stereocenters. The lowest BCUT2D eigenvalue weighted by Crippen LogP contribution is -1.84. The zero-order valence-electron chi connectivity index (χ0n) is 12.5. The molecule has 1 aromatic heterocycles. The van der Waals surface area contributed by atoms with Gasteiger partial charge in [-0.3, -0.25) is 0 Å². The lowest BCUT2D eigenvalue weighted by molar-refractivity contribution is 1.35. The first kappa shape index (κ1) is 12.4. The molecule has 1 N–H and O–H groups in total. The molecule has 0 aliphatic heterocycles. The Bertz CT molecular complexity index is 1140. The summed E-state index contributed by atoms with van der Waals surface area (Å²) in [6.07, 6.45) is 0. The van der Waals surface area contributed by atoms with Crippen LogP contribution in [0.4, 0.5) is 0 Å². The predicted molar refractivity (Wildman–Crippen MR) is 96.5 cm³/mol. The number of hydrogen-bond acceptors (Lipinski definition) is 1. The third-order valence-corrected chi connectivity index (χ3v) is 4.43. The number of nitrogens with zero attached hydrogens (tertiary/aromatic N) is 1. The van der Waals surface area contributed by atoms with E-state index in [-0.39, 0.29) is 0 Å². The van der Waals surface area contributed by atoms with Crippen molar-refractivity contribution in [2.45, 2.75) is 0 Å². The molecule has 0 amide bonds. The van der Waals surface area contributed by atoms with Crippen LogP contribution >= 0.6 is 0 Å². The number of fused-ring (bicyclic) bond motifs is 4. The van der Waals surface area contributed by atoms with Crippen LogP contribution in [-0.2, 0) is 0 Å². The number of nitrogens with one attached hydrogen (secondary N) is 1. The van der Waals surface area contributed by atoms with Crippen LogP contribution in [0.2, 0.25) is 0 Å². The third-order valence-electron chi connectivity index (χ3n) is 4.43. The molecule has 0 fully saturated rings. The number of aromatic amines is 1. The molecule has 0 radical (unpaired) electrons. The fourth-order valence-electron chi connectivity index (χ4n) is 3.33. The number of aromatic nitrogens is 2. The highest BCUT2D eigenvalue weighted by molar-refractivity contribution is 6.11. The van der Waals surface area contributed by atoms with E-state index in [1.807, 2.05) is 18.2 Å². The van der Waals surface area contributed by atoms with Gasteiger partial charge >= 0.3 is 0 Å². The molecule has 0 bridgehead atoms. The zero-order valence-corrected chi connectivity index (χ0v) is 12.5. The molecular formula is C21H14N2. The second kappa shape index (κ2) is 4.68. The molecule has 0 saturated heterocycles. The van der Waals surface area contributed by atoms with Crippen LogP contribution in [0.3, 0.4) is 0 Å². The van der Waals surface area contributed by atoms with Gasteiger partial charge in [0.05, 0.1) is 11.0 Å². The SMILES string of the molecule is c1ccc2c(c1)ccc1c(-c3nc4ccccc4[nH]3)cccc12. The molecule has 0 saturated carbocycles. The van der Waals surface area contributed by atoms with E-state index < -0.39 is 0 Å². The van der Waals surface area contributed by atoms with Crippen LogP contribution < -0.4 is 0 Å². The fourth-order valence-corrected chi connectivity index (χ4v) is 3.33. The maximum Gasteiger partial charge on any atom is 0.139 e. The van der Waals surface area contributed by atoms with Gasteiger partial charge in [-0.2, -0.15) is 0 Å². The van der Waals surface area contributed by atoms with Gasteiger partial charge in [-0.15, -0.1) is 0 Å². The van der Waals surface area contributed by atoms with Gasteiger partial charge in [-0.1, -0.05) is 66.7 Å². The van der Waals surface area contributed by atoms with Crippen LogP contribution in [0.15, 0.2) is 78.9 Å². The van der Waals surface area contributed by atoms with Crippen molar-refractivity contribution >= 4 is 32.6 Å². The van der Waals surface area contributed by atoms with Gasteiger partial charge in [0.25, 0.3) is 0 Å². The van der Waals surface area contributed by atoms with Crippen molar-refractivity contribution in [3.05, 3.63) is 78.9 Å². The fraction of sp³-hybridized carbons (Fsp3) is 0. The van der Waals surface area contributed by atoms with Gasteiger partial charge in [0.1, 0.15) is 5.82 Å². The topological polar surface area (TPSA) is 28.7 Å². The number of hydrogen-bond donors (Lipinski definition) is 1. The average Bonchev–Trinajstić information content (AvgIpc) is 3.05. The van der Waals surface area contributed by atoms with Crippen molar-refractivity contribution < 1.29 is 0 Å². The molecule has 23 heavy (non-hydrogen) atoms. The van der Waals surface area contributed by atoms with Crippen LogP contribution in [0.1, 0.15) is 0 Å². The summed E-state index contributed by atoms with van der Waals surface area (Å²) in [5, 5.41) is 5.04. The first-order valence-electron chi connectivity index (χ1n) is 7.76. The minimum Gasteiger partial charge on any atom is -0.338 e. The van der Waals surface area contributed by atoms with E-state index in [0.29, 0.717) is 0 Å². The lowest BCUT2D eigenvalue weighted by atomic mass is 9.98. The maximum atomic E-state index is 4.76. The van der Waals surface area contributed by atoms with E-state index in [4.69, 9.17) is 4.98 Å². The number of imidazole rings is 1. The highest BCUT2D eigenvalue weighted by atomic mass is 14.9. The Morgan fingerprint density at radius 1 is 0.609 bits per heavy atom. The second-order valence-corrected chi connectivity index (χ2v) is 5.79. The highest BCUT2D eigenvalue weighted by Crippen LogP contribution is 2.32. The molecule has 108 valence electrons. The molecule has 0 aliphatic carbocycles. The Balaban J connectivity index is 1.86. The van der Waals surface area contributed by atoms with Crippen LogP contribution in [-0.4, -0.2) is 9.97 Å². The minimum absolute atomic E-state index is 0.923. The van der Waals surface area contributed by atoms with Crippen molar-refractivity contribution in [2.24, 2.45) is 0 Å². The first-order chi connectivity index (χ1) is 11.4. The second-order valence-electron chi connectivity index (χ2n) is 5.79. The Morgan fingerprint density at radius 3 is 2.39 bits per heavy atom. The van der Waals surface area contributed by atoms with Gasteiger partial charge in [0.2, 0.25) is 0 Å². The molecule has 5 aromatic rings. The van der Waals surface area contributed by atoms with Crippen molar-refractivity contribution in [3.8, 4) is 11.4 Å². The van der Waals surface area contributed by atoms with E-state index in [0.717, 1.165) is 22.4 Å². The van der Waals surface area contributed by atoms with Gasteiger partial charge in [0.15, 0.2) is 0 Å². The molecule has 0 aliphatic rings. The summed E-state index contributed by atoms with van der Waals surface area (Å²) in [5.74, 6) is 0.923. The molecule has 4 aromatic carbocycles. The summed E-state index contributed by atoms with van der Waals surface area (Å²) in [5.41, 5.74) is 3.21. The van der Waals surface area contributed by atoms with Crippen LogP contribution in [0, 0.1) is 0 Å². The van der Waals surface area contributed by atoms with Gasteiger partial charge < -0.3 is 4.98 Å². The van der Waals surface area contributed by atoms with E-state index >= 15 is 0 Å². The van der Waals surface area contributed by atoms with E-state index in [1.54, 1.807) is 0 Å². The Morgan fingerprint density at radius 2 is 1.43 bits per heavy atom. The highest BCUT2D eigenvalue weighted by Gasteiger charge is 2.10. The van der Waals surface area contributed by atoms with Gasteiger partial charge in [-0.25, -0.2) is 4.98 Å². The van der Waals surface area contributed by atoms with Gasteiger partial charge in [-0.05, 0) is 33.7 Å². The van der Waals surface area contributed by atoms with Crippen molar-refractivity contribution in [2.75, 3.05) is 0 Å². The number of rotatable bonds is 1. The standard InChI is InChI=1S/C21H14N2/c1-2-7-15-14(6-1)12-13-17-16(15)8-5-9-18(17)21-22-19-10-3-4-11-20(19)23-21/h1-13H,(H,22,23). The van der Waals surface area contributed by atoms with Crippen molar-refractivity contribution in [3.63, 3.8) is 0 Å². The molecule has 5 rings (SSSR count). The first-order valence-corrected chi connectivity index (χ1v) is 7.76. The Labute approximate surface area is 133 Å². The average molecular weight is 294 g/mol. The smallest absolute Gasteiger partial charge is 0.139 e. The van der Waals surface area contributed by atoms with Crippen molar-refractivity contribution in [1.82, 2.24) is 9.97 Å². The normalized spacial score (nSPS) is 11.5. The molecule has 0 spiro atoms. The van der Waals surface area contributed by atoms with Crippen LogP contribution in [0.5, 0.6) is 0 Å². The largest absolute Gasteiger partial charge is 0.338 e. The van der Waals surface area contributed by atoms with E-state index in [9.17, 15) is 0 Å². The zero-order chi connectivity index (χ0) is 15.2. The monoisotopic (exact) mass is 294 g/mol. The van der Waals surface area contributed by atoms with E-state index in [2.05, 4.69) is 65.6 Å². The maximum absolute atomic E-state index is 4.76. The molecule has 0 unspecified atom stereocenters. The summed E-state index contributed by atoms with van der Waals surface area (Å²) in [4.78, 5) is 8.20. The summed E-state index contributed by atoms with van der Waals surface area (Å²) in [6, 6.07) is 27.5. The minimum atomic E-state index is 0.923. The summed E-state index contributed by atoms with van der Waals surface area (Å²) in [6.45, 7) is 0. The quantitative estimate of drug-likeness (QED) is 0.404. The lowest BCUT2D eigenvalue weighted by Gasteiger charge is -2.07. The summed E-state index contributed by atoms with van der Waals surface area (Å²) in [7, 11) is 0.